The summed E-state index contributed by atoms with van der Waals surface area (Å²) in [7, 11) is 0. The number of carbonyl (C=O) groups is 1. The van der Waals surface area contributed by atoms with Crippen molar-refractivity contribution < 1.29 is 9.90 Å². The number of aliphatic hydroxyl groups is 1. The van der Waals surface area contributed by atoms with Crippen LogP contribution < -0.4 is 5.32 Å². The Kier molecular flexibility index (Phi) is 6.57. The number of benzene rings is 1. The number of fused-ring (bicyclic) bond motifs is 1. The highest BCUT2D eigenvalue weighted by Gasteiger charge is 2.32. The van der Waals surface area contributed by atoms with Gasteiger partial charge in [-0.3, -0.25) is 9.69 Å². The summed E-state index contributed by atoms with van der Waals surface area (Å²) in [4.78, 5) is 14.6. The molecular formula is C20H29N3O2. The first-order chi connectivity index (χ1) is 11.9. The van der Waals surface area contributed by atoms with Crippen LogP contribution in [0, 0.1) is 17.2 Å². The molecule has 0 spiro atoms. The van der Waals surface area contributed by atoms with Crippen LogP contribution in [0.2, 0.25) is 0 Å². The fraction of sp³-hybridized carbons (Fsp3) is 0.600. The Balaban J connectivity index is 2.14. The van der Waals surface area contributed by atoms with Crippen molar-refractivity contribution in [3.63, 3.8) is 0 Å². The van der Waals surface area contributed by atoms with Gasteiger partial charge in [0.1, 0.15) is 5.54 Å². The lowest BCUT2D eigenvalue weighted by Crippen LogP contribution is -2.52. The fourth-order valence-electron chi connectivity index (χ4n) is 3.40. The smallest absolute Gasteiger partial charge is 0.235 e. The molecular weight excluding hydrogens is 314 g/mol. The summed E-state index contributed by atoms with van der Waals surface area (Å²) in [5, 5.41) is 21.7. The summed E-state index contributed by atoms with van der Waals surface area (Å²) in [6.07, 6.45) is 3.11. The largest absolute Gasteiger partial charge is 0.395 e. The monoisotopic (exact) mass is 343 g/mol. The summed E-state index contributed by atoms with van der Waals surface area (Å²) in [5.74, 6) is -0.155. The minimum atomic E-state index is -0.882. The highest BCUT2D eigenvalue weighted by Crippen LogP contribution is 2.34. The number of rotatable bonds is 7. The van der Waals surface area contributed by atoms with Crippen LogP contribution in [0.25, 0.3) is 0 Å². The average Bonchev–Trinajstić information content (AvgIpc) is 2.60. The molecule has 2 N–H and O–H groups in total. The summed E-state index contributed by atoms with van der Waals surface area (Å²) < 4.78 is 0. The van der Waals surface area contributed by atoms with E-state index >= 15 is 0 Å². The second-order valence-corrected chi connectivity index (χ2v) is 7.32. The van der Waals surface area contributed by atoms with Gasteiger partial charge in [0, 0.05) is 12.6 Å². The lowest BCUT2D eigenvalue weighted by atomic mass is 9.86. The van der Waals surface area contributed by atoms with Gasteiger partial charge in [-0.15, -0.1) is 0 Å². The van der Waals surface area contributed by atoms with Gasteiger partial charge in [-0.05, 0) is 43.2 Å². The molecule has 0 bridgehead atoms. The molecule has 0 saturated carbocycles. The number of nitrogens with one attached hydrogen (secondary N) is 1. The molecule has 1 aromatic carbocycles. The van der Waals surface area contributed by atoms with Crippen LogP contribution in [0.1, 0.15) is 50.8 Å². The third-order valence-electron chi connectivity index (χ3n) is 5.30. The number of aryl methyl sites for hydroxylation is 1. The Morgan fingerprint density at radius 3 is 2.84 bits per heavy atom. The van der Waals surface area contributed by atoms with E-state index in [1.54, 1.807) is 6.92 Å². The molecule has 2 rings (SSSR count). The molecule has 0 unspecified atom stereocenters. The van der Waals surface area contributed by atoms with Crippen LogP contribution in [0.4, 0.5) is 0 Å². The molecule has 25 heavy (non-hydrogen) atoms. The molecule has 1 aliphatic carbocycles. The Labute approximate surface area is 150 Å². The van der Waals surface area contributed by atoms with Gasteiger partial charge in [0.05, 0.1) is 19.2 Å². The van der Waals surface area contributed by atoms with Gasteiger partial charge in [0.2, 0.25) is 5.91 Å². The summed E-state index contributed by atoms with van der Waals surface area (Å²) in [6.45, 7) is 6.23. The zero-order chi connectivity index (χ0) is 18.4. The number of carbonyl (C=O) groups excluding carboxylic acids is 1. The highest BCUT2D eigenvalue weighted by molar-refractivity contribution is 5.79. The Hall–Kier alpha value is -1.90. The fourth-order valence-corrected chi connectivity index (χ4v) is 3.40. The van der Waals surface area contributed by atoms with E-state index in [9.17, 15) is 15.2 Å². The minimum absolute atomic E-state index is 0.00560. The lowest BCUT2D eigenvalue weighted by molar-refractivity contribution is -0.124. The van der Waals surface area contributed by atoms with Gasteiger partial charge in [-0.2, -0.15) is 5.26 Å². The van der Waals surface area contributed by atoms with Crippen LogP contribution in [0.3, 0.4) is 0 Å². The predicted molar refractivity (Wildman–Crippen MR) is 97.8 cm³/mol. The minimum Gasteiger partial charge on any atom is -0.395 e. The van der Waals surface area contributed by atoms with E-state index < -0.39 is 5.54 Å². The molecule has 1 amide bonds. The van der Waals surface area contributed by atoms with Crippen LogP contribution in [0.5, 0.6) is 0 Å². The topological polar surface area (TPSA) is 76.4 Å². The van der Waals surface area contributed by atoms with Gasteiger partial charge in [0.25, 0.3) is 0 Å². The zero-order valence-corrected chi connectivity index (χ0v) is 15.5. The van der Waals surface area contributed by atoms with Crippen LogP contribution in [-0.2, 0) is 11.2 Å². The number of amides is 1. The standard InChI is InChI=1S/C20H29N3O2/c1-15(2)20(3,14-21)22-19(25)13-23(11-12-24)18-10-6-8-16-7-4-5-9-17(16)18/h4-5,7,9,15,18,24H,6,8,10-13H2,1-3H3,(H,22,25)/t18-,20-/m1/s1. The van der Waals surface area contributed by atoms with Gasteiger partial charge >= 0.3 is 0 Å². The average molecular weight is 343 g/mol. The van der Waals surface area contributed by atoms with Crippen molar-refractivity contribution in [3.8, 4) is 6.07 Å². The van der Waals surface area contributed by atoms with Crippen molar-refractivity contribution in [2.45, 2.75) is 51.6 Å². The summed E-state index contributed by atoms with van der Waals surface area (Å²) in [6, 6.07) is 10.7. The number of hydrogen-bond donors (Lipinski definition) is 2. The third kappa shape index (κ3) is 4.59. The van der Waals surface area contributed by atoms with Gasteiger partial charge in [-0.1, -0.05) is 38.1 Å². The summed E-state index contributed by atoms with van der Waals surface area (Å²) in [5.41, 5.74) is 1.69. The molecule has 2 atom stereocenters. The quantitative estimate of drug-likeness (QED) is 0.797. The maximum Gasteiger partial charge on any atom is 0.235 e. The Bertz CT molecular complexity index is 638. The number of aliphatic hydroxyl groups excluding tert-OH is 1. The molecule has 0 aliphatic heterocycles. The molecule has 0 heterocycles. The molecule has 0 fully saturated rings. The first kappa shape index (κ1) is 19.4. The van der Waals surface area contributed by atoms with Crippen molar-refractivity contribution in [3.05, 3.63) is 35.4 Å². The zero-order valence-electron chi connectivity index (χ0n) is 15.5. The van der Waals surface area contributed by atoms with Crippen LogP contribution in [-0.4, -0.2) is 41.1 Å². The van der Waals surface area contributed by atoms with Crippen molar-refractivity contribution in [1.82, 2.24) is 10.2 Å². The second-order valence-electron chi connectivity index (χ2n) is 7.32. The third-order valence-corrected chi connectivity index (χ3v) is 5.30. The number of hydrogen-bond acceptors (Lipinski definition) is 4. The van der Waals surface area contributed by atoms with E-state index in [4.69, 9.17) is 0 Å². The van der Waals surface area contributed by atoms with Crippen LogP contribution >= 0.6 is 0 Å². The molecule has 136 valence electrons. The molecule has 5 nitrogen and oxygen atoms in total. The molecule has 1 aliphatic rings. The van der Waals surface area contributed by atoms with E-state index in [0.717, 1.165) is 19.3 Å². The van der Waals surface area contributed by atoms with E-state index in [1.165, 1.54) is 11.1 Å². The van der Waals surface area contributed by atoms with E-state index in [1.807, 2.05) is 30.9 Å². The maximum atomic E-state index is 12.6. The maximum absolute atomic E-state index is 12.6. The SMILES string of the molecule is CC(C)[C@@](C)(C#N)NC(=O)CN(CCO)[C@@H]1CCCc2ccccc21. The lowest BCUT2D eigenvalue weighted by Gasteiger charge is -2.36. The van der Waals surface area contributed by atoms with E-state index in [2.05, 4.69) is 23.5 Å². The predicted octanol–water partition coefficient (Wildman–Crippen LogP) is 2.41. The number of nitriles is 1. The van der Waals surface area contributed by atoms with Crippen LogP contribution in [0.15, 0.2) is 24.3 Å². The van der Waals surface area contributed by atoms with Crippen molar-refractivity contribution in [1.29, 1.82) is 5.26 Å². The van der Waals surface area contributed by atoms with Crippen molar-refractivity contribution in [2.24, 2.45) is 5.92 Å². The molecule has 0 radical (unpaired) electrons. The molecule has 0 saturated heterocycles. The normalized spacial score (nSPS) is 19.2. The van der Waals surface area contributed by atoms with Crippen molar-refractivity contribution >= 4 is 5.91 Å². The first-order valence-electron chi connectivity index (χ1n) is 9.06. The van der Waals surface area contributed by atoms with Crippen molar-refractivity contribution in [2.75, 3.05) is 19.7 Å². The molecule has 5 heteroatoms. The molecule has 1 aromatic rings. The van der Waals surface area contributed by atoms with Gasteiger partial charge < -0.3 is 10.4 Å². The van der Waals surface area contributed by atoms with E-state index in [0.29, 0.717) is 6.54 Å². The highest BCUT2D eigenvalue weighted by atomic mass is 16.3. The van der Waals surface area contributed by atoms with E-state index in [-0.39, 0.29) is 31.0 Å². The van der Waals surface area contributed by atoms with Gasteiger partial charge in [0.15, 0.2) is 0 Å². The second kappa shape index (κ2) is 8.46. The Morgan fingerprint density at radius 1 is 1.48 bits per heavy atom. The molecule has 0 aromatic heterocycles. The first-order valence-corrected chi connectivity index (χ1v) is 9.06. The van der Waals surface area contributed by atoms with Gasteiger partial charge in [-0.25, -0.2) is 0 Å². The summed E-state index contributed by atoms with van der Waals surface area (Å²) >= 11 is 0. The Morgan fingerprint density at radius 2 is 2.20 bits per heavy atom. The number of nitrogens with zero attached hydrogens (tertiary/aromatic N) is 2.